The van der Waals surface area contributed by atoms with Crippen molar-refractivity contribution in [2.24, 2.45) is 5.92 Å². The number of aromatic nitrogens is 6. The maximum absolute atomic E-state index is 5.37. The molecule has 6 heteroatoms. The molecule has 0 radical (unpaired) electrons. The number of imidazole rings is 3. The van der Waals surface area contributed by atoms with Crippen molar-refractivity contribution in [2.45, 2.75) is 13.3 Å². The first kappa shape index (κ1) is 30.1. The number of nitrogens with zero attached hydrogens (tertiary/aromatic N) is 6. The molecule has 0 saturated carbocycles. The number of rotatable bonds is 6. The molecule has 0 saturated heterocycles. The zero-order chi connectivity index (χ0) is 34.6. The topological polar surface area (TPSA) is 53.5 Å². The Hall–Kier alpha value is -6.79. The highest BCUT2D eigenvalue weighted by atomic mass is 15.1. The van der Waals surface area contributed by atoms with Crippen LogP contribution in [0.1, 0.15) is 13.3 Å². The van der Waals surface area contributed by atoms with Crippen LogP contribution in [-0.2, 0) is 0 Å². The van der Waals surface area contributed by atoms with Gasteiger partial charge in [-0.3, -0.25) is 13.7 Å². The summed E-state index contributed by atoms with van der Waals surface area (Å²) in [5.41, 5.74) is 10.1. The Bertz CT molecular complexity index is 2750. The van der Waals surface area contributed by atoms with Crippen molar-refractivity contribution in [2.75, 3.05) is 0 Å². The lowest BCUT2D eigenvalue weighted by Crippen LogP contribution is -2.32. The van der Waals surface area contributed by atoms with Gasteiger partial charge in [0.1, 0.15) is 17.5 Å². The largest absolute Gasteiger partial charge is 0.293 e. The molecule has 10 rings (SSSR count). The molecule has 3 aromatic heterocycles. The van der Waals surface area contributed by atoms with Gasteiger partial charge in [0.25, 0.3) is 0 Å². The summed E-state index contributed by atoms with van der Waals surface area (Å²) in [6.07, 6.45) is 5.59. The Morgan fingerprint density at radius 2 is 0.865 bits per heavy atom. The van der Waals surface area contributed by atoms with E-state index in [0.717, 1.165) is 90.4 Å². The van der Waals surface area contributed by atoms with Crippen molar-refractivity contribution in [1.29, 1.82) is 0 Å². The van der Waals surface area contributed by atoms with Crippen LogP contribution in [-0.4, -0.2) is 28.7 Å². The minimum Gasteiger partial charge on any atom is -0.293 e. The Kier molecular flexibility index (Phi) is 7.06. The van der Waals surface area contributed by atoms with Crippen molar-refractivity contribution in [3.05, 3.63) is 168 Å². The van der Waals surface area contributed by atoms with Gasteiger partial charge in [-0.25, -0.2) is 15.0 Å². The van der Waals surface area contributed by atoms with E-state index in [0.29, 0.717) is 5.92 Å². The van der Waals surface area contributed by atoms with Gasteiger partial charge < -0.3 is 0 Å². The van der Waals surface area contributed by atoms with E-state index in [1.807, 2.05) is 12.1 Å². The third kappa shape index (κ3) is 4.99. The summed E-state index contributed by atoms with van der Waals surface area (Å²) in [7, 11) is 0. The van der Waals surface area contributed by atoms with E-state index in [-0.39, 0.29) is 0 Å². The molecular formula is C46H34N6. The lowest BCUT2D eigenvalue weighted by atomic mass is 10.0. The second-order valence-electron chi connectivity index (χ2n) is 13.4. The lowest BCUT2D eigenvalue weighted by molar-refractivity contribution is 0.790. The molecule has 1 aliphatic rings. The van der Waals surface area contributed by atoms with Crippen molar-refractivity contribution < 1.29 is 0 Å². The van der Waals surface area contributed by atoms with Crippen molar-refractivity contribution >= 4 is 34.2 Å². The summed E-state index contributed by atoms with van der Waals surface area (Å²) in [5.74, 6) is 3.00. The highest BCUT2D eigenvalue weighted by Crippen LogP contribution is 2.37. The fraction of sp³-hybridized carbons (Fsp3) is 0.0652. The molecule has 1 unspecified atom stereocenters. The zero-order valence-corrected chi connectivity index (χ0v) is 28.6. The average Bonchev–Trinajstić information content (AvgIpc) is 3.91. The maximum Gasteiger partial charge on any atom is 0.145 e. The number of benzene rings is 6. The van der Waals surface area contributed by atoms with Crippen LogP contribution < -0.4 is 10.7 Å². The average molecular weight is 671 g/mol. The van der Waals surface area contributed by atoms with Crippen LogP contribution in [0.25, 0.3) is 85.4 Å². The molecule has 0 amide bonds. The smallest absolute Gasteiger partial charge is 0.145 e. The molecule has 248 valence electrons. The van der Waals surface area contributed by atoms with Crippen molar-refractivity contribution in [3.63, 3.8) is 0 Å². The molecule has 0 bridgehead atoms. The summed E-state index contributed by atoms with van der Waals surface area (Å²) in [6, 6.07) is 55.0. The highest BCUT2D eigenvalue weighted by molar-refractivity contribution is 5.88. The first-order valence-corrected chi connectivity index (χ1v) is 17.8. The molecule has 3 heterocycles. The number of fused-ring (bicyclic) bond motifs is 3. The van der Waals surface area contributed by atoms with Gasteiger partial charge in [-0.05, 0) is 91.2 Å². The normalized spacial score (nSPS) is 13.9. The Balaban J connectivity index is 1.32. The van der Waals surface area contributed by atoms with E-state index in [2.05, 4.69) is 178 Å². The van der Waals surface area contributed by atoms with E-state index in [9.17, 15) is 0 Å². The van der Waals surface area contributed by atoms with Gasteiger partial charge in [0.05, 0.1) is 32.8 Å². The summed E-state index contributed by atoms with van der Waals surface area (Å²) in [6.45, 7) is 2.27. The second kappa shape index (κ2) is 12.2. The molecule has 0 N–H and O–H groups in total. The summed E-state index contributed by atoms with van der Waals surface area (Å²) >= 11 is 0. The summed E-state index contributed by atoms with van der Waals surface area (Å²) < 4.78 is 6.83. The second-order valence-corrected chi connectivity index (χ2v) is 13.4. The van der Waals surface area contributed by atoms with E-state index in [1.54, 1.807) is 0 Å². The van der Waals surface area contributed by atoms with Crippen LogP contribution in [0.4, 0.5) is 0 Å². The Labute approximate surface area is 300 Å². The molecule has 9 aromatic rings. The van der Waals surface area contributed by atoms with E-state index >= 15 is 0 Å². The molecule has 52 heavy (non-hydrogen) atoms. The van der Waals surface area contributed by atoms with Gasteiger partial charge in [-0.2, -0.15) is 0 Å². The molecule has 1 aliphatic carbocycles. The summed E-state index contributed by atoms with van der Waals surface area (Å²) in [5, 5.41) is 2.14. The minimum absolute atomic E-state index is 0.415. The third-order valence-electron chi connectivity index (χ3n) is 9.94. The number of hydrogen-bond acceptors (Lipinski definition) is 3. The molecule has 1 atom stereocenters. The predicted molar refractivity (Wildman–Crippen MR) is 211 cm³/mol. The highest BCUT2D eigenvalue weighted by Gasteiger charge is 2.22. The monoisotopic (exact) mass is 670 g/mol. The fourth-order valence-corrected chi connectivity index (χ4v) is 7.56. The van der Waals surface area contributed by atoms with Crippen molar-refractivity contribution in [3.8, 4) is 51.2 Å². The maximum atomic E-state index is 5.37. The van der Waals surface area contributed by atoms with E-state index in [4.69, 9.17) is 15.0 Å². The predicted octanol–water partition coefficient (Wildman–Crippen LogP) is 9.15. The van der Waals surface area contributed by atoms with Gasteiger partial charge in [0.2, 0.25) is 0 Å². The first-order chi connectivity index (χ1) is 25.7. The molecule has 6 nitrogen and oxygen atoms in total. The van der Waals surface area contributed by atoms with Crippen LogP contribution in [0.15, 0.2) is 158 Å². The van der Waals surface area contributed by atoms with Crippen LogP contribution in [0.3, 0.4) is 0 Å². The van der Waals surface area contributed by atoms with Gasteiger partial charge in [-0.15, -0.1) is 0 Å². The van der Waals surface area contributed by atoms with E-state index < -0.39 is 0 Å². The van der Waals surface area contributed by atoms with Crippen molar-refractivity contribution in [1.82, 2.24) is 28.7 Å². The van der Waals surface area contributed by atoms with Crippen LogP contribution >= 0.6 is 0 Å². The molecule has 6 aromatic carbocycles. The zero-order valence-electron chi connectivity index (χ0n) is 28.6. The molecule has 0 spiro atoms. The third-order valence-corrected chi connectivity index (χ3v) is 9.94. The first-order valence-electron chi connectivity index (χ1n) is 17.8. The standard InChI is InChI=1S/C46H34N6/c1-31-25-26-40-43(27-31)52(37-19-9-4-10-20-37)46(49-40)34-29-32(44-47-38-21-11-13-23-41(38)50(44)35-15-5-2-6-16-35)28-33(30-34)45-48-39-22-12-14-24-42(39)51(45)36-17-7-3-8-18-36/h2-24,26-31H,25H2,1H3. The minimum atomic E-state index is 0.415. The van der Waals surface area contributed by atoms with Gasteiger partial charge in [-0.1, -0.05) is 97.9 Å². The number of hydrogen-bond donors (Lipinski definition) is 0. The quantitative estimate of drug-likeness (QED) is 0.177. The van der Waals surface area contributed by atoms with Gasteiger partial charge in [0, 0.05) is 33.8 Å². The molecular weight excluding hydrogens is 637 g/mol. The molecule has 0 aliphatic heterocycles. The summed E-state index contributed by atoms with van der Waals surface area (Å²) in [4.78, 5) is 16.0. The van der Waals surface area contributed by atoms with Gasteiger partial charge >= 0.3 is 0 Å². The van der Waals surface area contributed by atoms with E-state index in [1.165, 1.54) is 0 Å². The SMILES string of the molecule is CC1C=c2c(nc(-c3cc(-c4nc5ccccc5n4-c4ccccc4)cc(-c4nc5ccccc5n4-c4ccccc4)c3)n2-c2ccccc2)=CC1. The van der Waals surface area contributed by atoms with Crippen LogP contribution in [0, 0.1) is 5.92 Å². The molecule has 0 fully saturated rings. The Morgan fingerprint density at radius 3 is 1.35 bits per heavy atom. The van der Waals surface area contributed by atoms with Gasteiger partial charge in [0.15, 0.2) is 0 Å². The van der Waals surface area contributed by atoms with Crippen LogP contribution in [0.2, 0.25) is 0 Å². The Morgan fingerprint density at radius 1 is 0.462 bits per heavy atom. The lowest BCUT2D eigenvalue weighted by Gasteiger charge is -2.15. The fourth-order valence-electron chi connectivity index (χ4n) is 7.56. The van der Waals surface area contributed by atoms with Crippen LogP contribution in [0.5, 0.6) is 0 Å². The number of para-hydroxylation sites is 7.